The number of rotatable bonds is 6. The zero-order valence-corrected chi connectivity index (χ0v) is 13.2. The van der Waals surface area contributed by atoms with Gasteiger partial charge in [0, 0.05) is 24.2 Å². The van der Waals surface area contributed by atoms with Gasteiger partial charge in [-0.2, -0.15) is 0 Å². The van der Waals surface area contributed by atoms with E-state index in [1.54, 1.807) is 0 Å². The highest BCUT2D eigenvalue weighted by molar-refractivity contribution is 5.94. The Balaban J connectivity index is 2.07. The van der Waals surface area contributed by atoms with Crippen molar-refractivity contribution in [2.75, 3.05) is 11.4 Å². The second-order valence-electron chi connectivity index (χ2n) is 6.33. The summed E-state index contributed by atoms with van der Waals surface area (Å²) in [5.41, 5.74) is 7.17. The minimum absolute atomic E-state index is 0.180. The third kappa shape index (κ3) is 4.57. The van der Waals surface area contributed by atoms with Crippen LogP contribution in [-0.4, -0.2) is 18.0 Å². The van der Waals surface area contributed by atoms with E-state index in [1.165, 1.54) is 6.42 Å². The van der Waals surface area contributed by atoms with E-state index in [4.69, 9.17) is 5.73 Å². The molecule has 0 aliphatic heterocycles. The molecule has 1 aliphatic rings. The largest absolute Gasteiger partial charge is 0.325 e. The van der Waals surface area contributed by atoms with Gasteiger partial charge in [-0.25, -0.2) is 0 Å². The van der Waals surface area contributed by atoms with Crippen molar-refractivity contribution < 1.29 is 4.79 Å². The number of hydrogen-bond acceptors (Lipinski definition) is 2. The third-order valence-electron chi connectivity index (χ3n) is 4.46. The average molecular weight is 288 g/mol. The maximum absolute atomic E-state index is 12.8. The standard InChI is InChI=1S/C18H28N2O/c1-2-3-14-20(16-10-6-4-7-11-16)17(21)15-18(19)12-8-5-9-13-18/h4,6-7,10-11H,2-3,5,8-9,12-15,19H2,1H3. The first-order chi connectivity index (χ1) is 10.1. The number of hydrogen-bond donors (Lipinski definition) is 1. The van der Waals surface area contributed by atoms with Crippen LogP contribution in [0.1, 0.15) is 58.3 Å². The summed E-state index contributed by atoms with van der Waals surface area (Å²) in [6.07, 6.45) is 8.12. The maximum atomic E-state index is 12.8. The van der Waals surface area contributed by atoms with Crippen LogP contribution in [0, 0.1) is 0 Å². The molecule has 1 aromatic rings. The second kappa shape index (κ2) is 7.60. The Kier molecular flexibility index (Phi) is 5.80. The van der Waals surface area contributed by atoms with E-state index in [0.717, 1.165) is 50.8 Å². The van der Waals surface area contributed by atoms with E-state index in [0.29, 0.717) is 6.42 Å². The van der Waals surface area contributed by atoms with Gasteiger partial charge >= 0.3 is 0 Å². The third-order valence-corrected chi connectivity index (χ3v) is 4.46. The molecule has 0 saturated heterocycles. The number of anilines is 1. The molecule has 116 valence electrons. The number of para-hydroxylation sites is 1. The van der Waals surface area contributed by atoms with Crippen molar-refractivity contribution in [1.82, 2.24) is 0 Å². The zero-order chi connectivity index (χ0) is 15.1. The molecule has 3 heteroatoms. The molecule has 0 spiro atoms. The van der Waals surface area contributed by atoms with Crippen LogP contribution < -0.4 is 10.6 Å². The van der Waals surface area contributed by atoms with E-state index in [1.807, 2.05) is 35.2 Å². The molecule has 1 amide bonds. The predicted octanol–water partition coefficient (Wildman–Crippen LogP) is 3.87. The Morgan fingerprint density at radius 2 is 1.86 bits per heavy atom. The molecule has 0 aromatic heterocycles. The molecule has 1 aliphatic carbocycles. The summed E-state index contributed by atoms with van der Waals surface area (Å²) in [4.78, 5) is 14.7. The monoisotopic (exact) mass is 288 g/mol. The molecule has 1 fully saturated rings. The Hall–Kier alpha value is -1.35. The van der Waals surface area contributed by atoms with Crippen LogP contribution in [0.15, 0.2) is 30.3 Å². The normalized spacial score (nSPS) is 17.4. The topological polar surface area (TPSA) is 46.3 Å². The van der Waals surface area contributed by atoms with Crippen molar-refractivity contribution in [2.24, 2.45) is 5.73 Å². The summed E-state index contributed by atoms with van der Waals surface area (Å²) < 4.78 is 0. The van der Waals surface area contributed by atoms with E-state index in [2.05, 4.69) is 6.92 Å². The molecule has 1 saturated carbocycles. The Bertz CT molecular complexity index is 438. The summed E-state index contributed by atoms with van der Waals surface area (Å²) in [5, 5.41) is 0. The molecule has 3 nitrogen and oxygen atoms in total. The summed E-state index contributed by atoms with van der Waals surface area (Å²) in [6, 6.07) is 9.98. The van der Waals surface area contributed by atoms with Crippen molar-refractivity contribution in [3.05, 3.63) is 30.3 Å². The summed E-state index contributed by atoms with van der Waals surface area (Å²) in [6.45, 7) is 2.94. The van der Waals surface area contributed by atoms with Crippen molar-refractivity contribution in [2.45, 2.75) is 63.8 Å². The molecule has 0 unspecified atom stereocenters. The molecule has 0 bridgehead atoms. The lowest BCUT2D eigenvalue weighted by Gasteiger charge is -2.35. The molecule has 0 radical (unpaired) electrons. The van der Waals surface area contributed by atoms with Crippen LogP contribution >= 0.6 is 0 Å². The minimum Gasteiger partial charge on any atom is -0.325 e. The van der Waals surface area contributed by atoms with Crippen molar-refractivity contribution in [3.8, 4) is 0 Å². The number of amides is 1. The fourth-order valence-corrected chi connectivity index (χ4v) is 3.15. The van der Waals surface area contributed by atoms with Gasteiger partial charge in [0.1, 0.15) is 0 Å². The second-order valence-corrected chi connectivity index (χ2v) is 6.33. The van der Waals surface area contributed by atoms with E-state index < -0.39 is 0 Å². The molecule has 1 aromatic carbocycles. The number of carbonyl (C=O) groups excluding carboxylic acids is 1. The molecular formula is C18H28N2O. The van der Waals surface area contributed by atoms with E-state index in [9.17, 15) is 4.79 Å². The lowest BCUT2D eigenvalue weighted by molar-refractivity contribution is -0.120. The zero-order valence-electron chi connectivity index (χ0n) is 13.2. The first-order valence-corrected chi connectivity index (χ1v) is 8.29. The smallest absolute Gasteiger partial charge is 0.228 e. The molecule has 21 heavy (non-hydrogen) atoms. The summed E-state index contributed by atoms with van der Waals surface area (Å²) in [7, 11) is 0. The molecule has 2 N–H and O–H groups in total. The number of benzene rings is 1. The molecule has 2 rings (SSSR count). The Labute approximate surface area is 128 Å². The highest BCUT2D eigenvalue weighted by Crippen LogP contribution is 2.30. The number of carbonyl (C=O) groups is 1. The van der Waals surface area contributed by atoms with Gasteiger partial charge in [-0.15, -0.1) is 0 Å². The highest BCUT2D eigenvalue weighted by atomic mass is 16.2. The van der Waals surface area contributed by atoms with Crippen molar-refractivity contribution in [1.29, 1.82) is 0 Å². The van der Waals surface area contributed by atoms with Crippen LogP contribution in [-0.2, 0) is 4.79 Å². The van der Waals surface area contributed by atoms with Crippen molar-refractivity contribution in [3.63, 3.8) is 0 Å². The van der Waals surface area contributed by atoms with Gasteiger partial charge in [-0.3, -0.25) is 4.79 Å². The fourth-order valence-electron chi connectivity index (χ4n) is 3.15. The minimum atomic E-state index is -0.283. The van der Waals surface area contributed by atoms with Crippen LogP contribution in [0.2, 0.25) is 0 Å². The van der Waals surface area contributed by atoms with Gasteiger partial charge in [0.25, 0.3) is 0 Å². The van der Waals surface area contributed by atoms with E-state index in [-0.39, 0.29) is 11.4 Å². The first kappa shape index (κ1) is 16.0. The lowest BCUT2D eigenvalue weighted by atomic mass is 9.80. The molecule has 0 atom stereocenters. The fraction of sp³-hybridized carbons (Fsp3) is 0.611. The van der Waals surface area contributed by atoms with Gasteiger partial charge in [-0.1, -0.05) is 50.8 Å². The predicted molar refractivity (Wildman–Crippen MR) is 88.3 cm³/mol. The molecular weight excluding hydrogens is 260 g/mol. The van der Waals surface area contributed by atoms with Gasteiger partial charge in [0.15, 0.2) is 0 Å². The van der Waals surface area contributed by atoms with Crippen LogP contribution in [0.5, 0.6) is 0 Å². The van der Waals surface area contributed by atoms with Gasteiger partial charge < -0.3 is 10.6 Å². The number of nitrogens with two attached hydrogens (primary N) is 1. The lowest BCUT2D eigenvalue weighted by Crippen LogP contribution is -2.47. The Morgan fingerprint density at radius 1 is 1.19 bits per heavy atom. The van der Waals surface area contributed by atoms with Gasteiger partial charge in [-0.05, 0) is 31.4 Å². The van der Waals surface area contributed by atoms with E-state index >= 15 is 0 Å². The van der Waals surface area contributed by atoms with Crippen LogP contribution in [0.3, 0.4) is 0 Å². The average Bonchev–Trinajstić information content (AvgIpc) is 2.49. The first-order valence-electron chi connectivity index (χ1n) is 8.29. The molecule has 0 heterocycles. The maximum Gasteiger partial charge on any atom is 0.228 e. The highest BCUT2D eigenvalue weighted by Gasteiger charge is 2.32. The quantitative estimate of drug-likeness (QED) is 0.863. The number of unbranched alkanes of at least 4 members (excludes halogenated alkanes) is 1. The van der Waals surface area contributed by atoms with Gasteiger partial charge in [0.2, 0.25) is 5.91 Å². The SMILES string of the molecule is CCCCN(C(=O)CC1(N)CCCCC1)c1ccccc1. The van der Waals surface area contributed by atoms with Crippen LogP contribution in [0.25, 0.3) is 0 Å². The number of nitrogens with zero attached hydrogens (tertiary/aromatic N) is 1. The van der Waals surface area contributed by atoms with Crippen LogP contribution in [0.4, 0.5) is 5.69 Å². The summed E-state index contributed by atoms with van der Waals surface area (Å²) >= 11 is 0. The van der Waals surface area contributed by atoms with Crippen molar-refractivity contribution >= 4 is 11.6 Å². The van der Waals surface area contributed by atoms with Gasteiger partial charge in [0.05, 0.1) is 0 Å². The summed E-state index contributed by atoms with van der Waals surface area (Å²) in [5.74, 6) is 0.180. The Morgan fingerprint density at radius 3 is 2.48 bits per heavy atom.